The molecule has 0 saturated heterocycles. The minimum atomic E-state index is 1.22. The van der Waals surface area contributed by atoms with E-state index in [1.54, 1.807) is 0 Å². The summed E-state index contributed by atoms with van der Waals surface area (Å²) in [5.74, 6) is 0. The molecule has 0 saturated carbocycles. The molecule has 19 aromatic rings. The Kier molecular flexibility index (Phi) is 8.17. The second kappa shape index (κ2) is 15.3. The van der Waals surface area contributed by atoms with Crippen molar-refractivity contribution in [1.82, 2.24) is 8.80 Å². The van der Waals surface area contributed by atoms with Crippen LogP contribution in [0.2, 0.25) is 0 Å². The first-order valence-corrected chi connectivity index (χ1v) is 28.2. The molecule has 14 aromatic carbocycles. The SMILES string of the molecule is c1ccc(-c2ccc(-c3cc4c5cc6ccccc6cc5n5c6cc7cc(-c8ccc9c(c8)sc8ccc(-c%10cc%11c%12cc%13ccccc%13cc%12n%12c%13cc%14ccccc%14cc%13c(c%10)c%11%12)cc89)ccc7cc6c(c3)c45)cc2)cc1. The molecule has 0 aliphatic carbocycles. The van der Waals surface area contributed by atoms with Crippen molar-refractivity contribution in [3.8, 4) is 44.5 Å². The third-order valence-corrected chi connectivity index (χ3v) is 18.9. The van der Waals surface area contributed by atoms with Gasteiger partial charge in [0.15, 0.2) is 0 Å². The third-order valence-electron chi connectivity index (χ3n) is 17.8. The van der Waals surface area contributed by atoms with Crippen molar-refractivity contribution in [3.05, 3.63) is 255 Å². The maximum absolute atomic E-state index is 2.54. The second-order valence-electron chi connectivity index (χ2n) is 22.1. The summed E-state index contributed by atoms with van der Waals surface area (Å²) in [5, 5.41) is 23.0. The monoisotopic (exact) mass is 1010 g/mol. The lowest BCUT2D eigenvalue weighted by molar-refractivity contribution is 1.38. The minimum absolute atomic E-state index is 1.22. The molecule has 0 radical (unpaired) electrons. The minimum Gasteiger partial charge on any atom is -0.308 e. The number of hydrogen-bond donors (Lipinski definition) is 0. The Labute approximate surface area is 456 Å². The Morgan fingerprint density at radius 3 is 1.06 bits per heavy atom. The highest BCUT2D eigenvalue weighted by molar-refractivity contribution is 7.25. The van der Waals surface area contributed by atoms with E-state index in [1.165, 1.54) is 184 Å². The lowest BCUT2D eigenvalue weighted by Crippen LogP contribution is -1.84. The second-order valence-corrected chi connectivity index (χ2v) is 23.1. The molecule has 0 bridgehead atoms. The average Bonchev–Trinajstić information content (AvgIpc) is 3.81. The Balaban J connectivity index is 0.743. The van der Waals surface area contributed by atoms with E-state index in [4.69, 9.17) is 0 Å². The molecule has 5 aromatic heterocycles. The number of hydrogen-bond acceptors (Lipinski definition) is 1. The van der Waals surface area contributed by atoms with E-state index < -0.39 is 0 Å². The summed E-state index contributed by atoms with van der Waals surface area (Å²) in [6.45, 7) is 0. The molecular formula is C76H42N2S. The highest BCUT2D eigenvalue weighted by Crippen LogP contribution is 2.47. The van der Waals surface area contributed by atoms with Crippen molar-refractivity contribution in [2.75, 3.05) is 0 Å². The van der Waals surface area contributed by atoms with Gasteiger partial charge in [0.05, 0.1) is 33.1 Å². The molecule has 0 fully saturated rings. The molecule has 0 N–H and O–H groups in total. The number of nitrogens with zero attached hydrogens (tertiary/aromatic N) is 2. The largest absolute Gasteiger partial charge is 0.308 e. The maximum Gasteiger partial charge on any atom is 0.0620 e. The van der Waals surface area contributed by atoms with Gasteiger partial charge in [-0.3, -0.25) is 0 Å². The van der Waals surface area contributed by atoms with Gasteiger partial charge in [-0.15, -0.1) is 11.3 Å². The zero-order valence-electron chi connectivity index (χ0n) is 42.6. The third kappa shape index (κ3) is 5.89. The summed E-state index contributed by atoms with van der Waals surface area (Å²) >= 11 is 1.89. The van der Waals surface area contributed by atoms with Crippen molar-refractivity contribution in [2.24, 2.45) is 0 Å². The first-order chi connectivity index (χ1) is 39.1. The summed E-state index contributed by atoms with van der Waals surface area (Å²) in [5.41, 5.74) is 17.5. The fourth-order valence-electron chi connectivity index (χ4n) is 14.0. The zero-order chi connectivity index (χ0) is 51.2. The Hall–Kier alpha value is -10.1. The Morgan fingerprint density at radius 2 is 0.544 bits per heavy atom. The van der Waals surface area contributed by atoms with Crippen LogP contribution in [0.25, 0.3) is 184 Å². The van der Waals surface area contributed by atoms with Crippen LogP contribution >= 0.6 is 11.3 Å². The molecule has 5 heterocycles. The molecule has 0 aliphatic heterocycles. The normalized spacial score (nSPS) is 12.6. The van der Waals surface area contributed by atoms with Crippen LogP contribution in [0.1, 0.15) is 0 Å². The van der Waals surface area contributed by atoms with Crippen molar-refractivity contribution in [1.29, 1.82) is 0 Å². The summed E-state index contributed by atoms with van der Waals surface area (Å²) < 4.78 is 7.68. The molecule has 0 spiro atoms. The number of fused-ring (bicyclic) bond motifs is 19. The van der Waals surface area contributed by atoms with Gasteiger partial charge >= 0.3 is 0 Å². The molecule has 362 valence electrons. The van der Waals surface area contributed by atoms with Crippen LogP contribution in [0.4, 0.5) is 0 Å². The van der Waals surface area contributed by atoms with Gasteiger partial charge in [-0.25, -0.2) is 0 Å². The molecule has 0 atom stereocenters. The van der Waals surface area contributed by atoms with Crippen LogP contribution in [-0.2, 0) is 0 Å². The summed E-state index contributed by atoms with van der Waals surface area (Å²) in [4.78, 5) is 0. The van der Waals surface area contributed by atoms with E-state index in [0.29, 0.717) is 0 Å². The van der Waals surface area contributed by atoms with Gasteiger partial charge in [-0.2, -0.15) is 0 Å². The van der Waals surface area contributed by atoms with Gasteiger partial charge in [-0.1, -0.05) is 158 Å². The Bertz CT molecular complexity index is 5710. The van der Waals surface area contributed by atoms with Gasteiger partial charge in [-0.05, 0) is 185 Å². The first kappa shape index (κ1) is 42.1. The smallest absolute Gasteiger partial charge is 0.0620 e. The van der Waals surface area contributed by atoms with Gasteiger partial charge < -0.3 is 8.80 Å². The predicted octanol–water partition coefficient (Wildman–Crippen LogP) is 21.6. The van der Waals surface area contributed by atoms with E-state index in [0.717, 1.165) is 0 Å². The van der Waals surface area contributed by atoms with Crippen molar-refractivity contribution >= 4 is 151 Å². The number of rotatable bonds is 4. The van der Waals surface area contributed by atoms with Crippen LogP contribution in [-0.4, -0.2) is 8.80 Å². The highest BCUT2D eigenvalue weighted by atomic mass is 32.1. The average molecular weight is 1020 g/mol. The van der Waals surface area contributed by atoms with E-state index in [9.17, 15) is 0 Å². The van der Waals surface area contributed by atoms with E-state index in [1.807, 2.05) is 11.3 Å². The topological polar surface area (TPSA) is 8.82 Å². The number of benzene rings is 14. The molecular weight excluding hydrogens is 973 g/mol. The van der Waals surface area contributed by atoms with Crippen molar-refractivity contribution in [3.63, 3.8) is 0 Å². The fourth-order valence-corrected chi connectivity index (χ4v) is 15.1. The summed E-state index contributed by atoms with van der Waals surface area (Å²) in [6, 6.07) is 96.4. The molecule has 19 rings (SSSR count). The molecule has 0 amide bonds. The number of thiophene rings is 1. The first-order valence-electron chi connectivity index (χ1n) is 27.4. The standard InChI is InChI=1S/C76H42N2S/c1-2-10-43(11-3-1)44-18-20-45(21-19-44)57-34-65-60-29-46-12-4-9-17-51(46)40-71(60)78-72-41-56-28-52(22-23-53(56)32-63(72)66(35-57)75(65)78)55-24-26-59-64-33-54(25-27-73(64)79-74(59)42-55)58-36-67-61-30-47-13-5-7-15-49(47)38-69(61)77-70-39-50-16-8-6-14-48(50)31-62(70)68(37-58)76(67)77/h1-42H. The molecule has 2 nitrogen and oxygen atoms in total. The lowest BCUT2D eigenvalue weighted by Gasteiger charge is -2.08. The Morgan fingerprint density at radius 1 is 0.190 bits per heavy atom. The molecule has 79 heavy (non-hydrogen) atoms. The van der Waals surface area contributed by atoms with Crippen molar-refractivity contribution in [2.45, 2.75) is 0 Å². The van der Waals surface area contributed by atoms with Crippen molar-refractivity contribution < 1.29 is 0 Å². The molecule has 0 aliphatic rings. The molecule has 0 unspecified atom stereocenters. The van der Waals surface area contributed by atoms with E-state index >= 15 is 0 Å². The fraction of sp³-hybridized carbons (Fsp3) is 0. The van der Waals surface area contributed by atoms with E-state index in [-0.39, 0.29) is 0 Å². The van der Waals surface area contributed by atoms with Crippen LogP contribution in [0.15, 0.2) is 255 Å². The highest BCUT2D eigenvalue weighted by Gasteiger charge is 2.23. The number of aromatic nitrogens is 2. The van der Waals surface area contributed by atoms with Gasteiger partial charge in [0.25, 0.3) is 0 Å². The summed E-state index contributed by atoms with van der Waals surface area (Å²) in [7, 11) is 0. The van der Waals surface area contributed by atoms with Crippen LogP contribution in [0.3, 0.4) is 0 Å². The van der Waals surface area contributed by atoms with Crippen LogP contribution < -0.4 is 0 Å². The lowest BCUT2D eigenvalue weighted by atomic mass is 9.95. The zero-order valence-corrected chi connectivity index (χ0v) is 43.4. The van der Waals surface area contributed by atoms with Crippen LogP contribution in [0.5, 0.6) is 0 Å². The van der Waals surface area contributed by atoms with Gasteiger partial charge in [0, 0.05) is 63.3 Å². The van der Waals surface area contributed by atoms with Crippen LogP contribution in [0, 0.1) is 0 Å². The quantitative estimate of drug-likeness (QED) is 0.166. The van der Waals surface area contributed by atoms with E-state index in [2.05, 4.69) is 264 Å². The van der Waals surface area contributed by atoms with Gasteiger partial charge in [0.2, 0.25) is 0 Å². The molecule has 3 heteroatoms. The predicted molar refractivity (Wildman–Crippen MR) is 340 cm³/mol. The summed E-state index contributed by atoms with van der Waals surface area (Å²) in [6.07, 6.45) is 0. The van der Waals surface area contributed by atoms with Gasteiger partial charge in [0.1, 0.15) is 0 Å². The maximum atomic E-state index is 2.54.